The van der Waals surface area contributed by atoms with E-state index in [1.54, 1.807) is 12.1 Å². The van der Waals surface area contributed by atoms with Crippen molar-refractivity contribution >= 4 is 45.8 Å². The van der Waals surface area contributed by atoms with Gasteiger partial charge in [-0.15, -0.1) is 0 Å². The predicted octanol–water partition coefficient (Wildman–Crippen LogP) is 3.73. The van der Waals surface area contributed by atoms with E-state index in [1.807, 2.05) is 78.9 Å². The number of aliphatic imine (C=N–C) groups is 1. The van der Waals surface area contributed by atoms with Gasteiger partial charge in [0.25, 0.3) is 11.8 Å². The van der Waals surface area contributed by atoms with Gasteiger partial charge in [-0.25, -0.2) is 4.99 Å². The largest absolute Gasteiger partial charge is 0.303 e. The van der Waals surface area contributed by atoms with E-state index in [0.717, 1.165) is 11.8 Å². The number of amidine groups is 1. The fourth-order valence-corrected chi connectivity index (χ4v) is 4.59. The third-order valence-corrected chi connectivity index (χ3v) is 6.10. The van der Waals surface area contributed by atoms with Crippen LogP contribution in [-0.2, 0) is 9.59 Å². The van der Waals surface area contributed by atoms with Gasteiger partial charge in [0.2, 0.25) is 4.75 Å². The van der Waals surface area contributed by atoms with Crippen molar-refractivity contribution < 1.29 is 9.59 Å². The van der Waals surface area contributed by atoms with Crippen molar-refractivity contribution in [3.8, 4) is 0 Å². The predicted molar refractivity (Wildman–Crippen MR) is 119 cm³/mol. The molecule has 2 aliphatic rings. The Morgan fingerprint density at radius 2 is 1.43 bits per heavy atom. The second kappa shape index (κ2) is 7.27. The molecule has 5 rings (SSSR count). The molecule has 146 valence electrons. The van der Waals surface area contributed by atoms with Crippen LogP contribution in [0.4, 0.5) is 11.4 Å². The van der Waals surface area contributed by atoms with Gasteiger partial charge in [-0.1, -0.05) is 78.5 Å². The Kier molecular flexibility index (Phi) is 4.44. The van der Waals surface area contributed by atoms with E-state index in [2.05, 4.69) is 15.4 Å². The number of carbonyl (C=O) groups excluding carboxylic acids is 2. The quantitative estimate of drug-likeness (QED) is 0.666. The highest BCUT2D eigenvalue weighted by Crippen LogP contribution is 2.43. The first-order valence-electron chi connectivity index (χ1n) is 9.37. The van der Waals surface area contributed by atoms with E-state index in [1.165, 1.54) is 5.01 Å². The van der Waals surface area contributed by atoms with E-state index in [9.17, 15) is 9.59 Å². The van der Waals surface area contributed by atoms with Gasteiger partial charge in [0.1, 0.15) is 5.71 Å². The van der Waals surface area contributed by atoms with Crippen LogP contribution in [0.25, 0.3) is 0 Å². The number of rotatable bonds is 3. The molecule has 6 nitrogen and oxygen atoms in total. The molecular weight excluding hydrogens is 396 g/mol. The number of amides is 2. The molecule has 2 heterocycles. The lowest BCUT2D eigenvalue weighted by molar-refractivity contribution is -0.127. The van der Waals surface area contributed by atoms with E-state index in [0.29, 0.717) is 27.8 Å². The molecule has 2 amide bonds. The average Bonchev–Trinajstić information content (AvgIpc) is 3.27. The number of hydrogen-bond donors (Lipinski definition) is 1. The molecule has 3 aromatic carbocycles. The number of hydrogen-bond acceptors (Lipinski definition) is 5. The Morgan fingerprint density at radius 3 is 2.10 bits per heavy atom. The molecule has 1 N–H and O–H groups in total. The zero-order chi connectivity index (χ0) is 20.6. The van der Waals surface area contributed by atoms with Crippen molar-refractivity contribution in [1.29, 1.82) is 0 Å². The molecule has 0 bridgehead atoms. The minimum atomic E-state index is -1.52. The summed E-state index contributed by atoms with van der Waals surface area (Å²) in [4.78, 5) is 31.3. The van der Waals surface area contributed by atoms with E-state index >= 15 is 0 Å². The van der Waals surface area contributed by atoms with Crippen LogP contribution in [0.2, 0.25) is 0 Å². The molecule has 7 heteroatoms. The number of nitrogens with zero attached hydrogens (tertiary/aromatic N) is 3. The summed E-state index contributed by atoms with van der Waals surface area (Å²) in [5.41, 5.74) is 2.42. The zero-order valence-electron chi connectivity index (χ0n) is 15.7. The first kappa shape index (κ1) is 18.3. The lowest BCUT2D eigenvalue weighted by atomic mass is 9.95. The van der Waals surface area contributed by atoms with Crippen LogP contribution in [0.15, 0.2) is 101 Å². The van der Waals surface area contributed by atoms with E-state index < -0.39 is 16.6 Å². The second-order valence-corrected chi connectivity index (χ2v) is 7.96. The number of nitrogens with one attached hydrogen (secondary N) is 1. The van der Waals surface area contributed by atoms with Crippen molar-refractivity contribution in [2.24, 2.45) is 10.1 Å². The third kappa shape index (κ3) is 2.91. The maximum Gasteiger partial charge on any atom is 0.280 e. The topological polar surface area (TPSA) is 74.1 Å². The maximum atomic E-state index is 13.6. The lowest BCUT2D eigenvalue weighted by Crippen LogP contribution is -2.50. The summed E-state index contributed by atoms with van der Waals surface area (Å²) >= 11 is 1.10. The summed E-state index contributed by atoms with van der Waals surface area (Å²) in [5.74, 6) is -0.846. The maximum absolute atomic E-state index is 13.6. The molecular formula is C23H16N4O2S. The normalized spacial score (nSPS) is 21.9. The van der Waals surface area contributed by atoms with Gasteiger partial charge in [-0.2, -0.15) is 10.1 Å². The Hall–Kier alpha value is -3.71. The summed E-state index contributed by atoms with van der Waals surface area (Å²) in [6.45, 7) is 0. The van der Waals surface area contributed by atoms with Crippen LogP contribution < -0.4 is 10.3 Å². The van der Waals surface area contributed by atoms with Crippen LogP contribution >= 0.6 is 11.8 Å². The van der Waals surface area contributed by atoms with Crippen LogP contribution in [0.5, 0.6) is 0 Å². The monoisotopic (exact) mass is 412 g/mol. The fraction of sp³-hybridized carbons (Fsp3) is 0.0435. The average molecular weight is 412 g/mol. The molecule has 1 fully saturated rings. The molecule has 1 spiro atoms. The Morgan fingerprint density at radius 1 is 0.833 bits per heavy atom. The van der Waals surface area contributed by atoms with Gasteiger partial charge in [-0.05, 0) is 24.3 Å². The van der Waals surface area contributed by atoms with Crippen LogP contribution in [0.1, 0.15) is 5.56 Å². The minimum absolute atomic E-state index is 0.373. The molecule has 1 atom stereocenters. The molecule has 0 aromatic heterocycles. The molecule has 3 aromatic rings. The molecule has 0 radical (unpaired) electrons. The Balaban J connectivity index is 1.62. The SMILES string of the molecule is O=C1NC(=Nc2ccccc2)SC12C(=O)N(c1ccccc1)N=C2c1ccccc1. The molecule has 1 unspecified atom stereocenters. The number of carbonyl (C=O) groups is 2. The highest BCUT2D eigenvalue weighted by Gasteiger charge is 2.62. The van der Waals surface area contributed by atoms with Crippen molar-refractivity contribution in [3.63, 3.8) is 0 Å². The Bertz CT molecular complexity index is 1180. The van der Waals surface area contributed by atoms with E-state index in [-0.39, 0.29) is 0 Å². The lowest BCUT2D eigenvalue weighted by Gasteiger charge is -2.19. The van der Waals surface area contributed by atoms with E-state index in [4.69, 9.17) is 0 Å². The highest BCUT2D eigenvalue weighted by molar-refractivity contribution is 8.17. The molecule has 1 saturated heterocycles. The summed E-state index contributed by atoms with van der Waals surface area (Å²) < 4.78 is -1.52. The first-order chi connectivity index (χ1) is 14.7. The van der Waals surface area contributed by atoms with Crippen molar-refractivity contribution in [3.05, 3.63) is 96.6 Å². The van der Waals surface area contributed by atoms with Gasteiger partial charge in [-0.3, -0.25) is 9.59 Å². The zero-order valence-corrected chi connectivity index (χ0v) is 16.5. The molecule has 30 heavy (non-hydrogen) atoms. The first-order valence-corrected chi connectivity index (χ1v) is 10.2. The summed E-state index contributed by atoms with van der Waals surface area (Å²) in [5, 5.41) is 9.06. The summed E-state index contributed by atoms with van der Waals surface area (Å²) in [7, 11) is 0. The number of hydrazone groups is 1. The highest BCUT2D eigenvalue weighted by atomic mass is 32.2. The molecule has 2 aliphatic heterocycles. The number of para-hydroxylation sites is 2. The van der Waals surface area contributed by atoms with Gasteiger partial charge in [0.15, 0.2) is 5.17 Å². The summed E-state index contributed by atoms with van der Waals surface area (Å²) in [6.07, 6.45) is 0. The van der Waals surface area contributed by atoms with Gasteiger partial charge in [0.05, 0.1) is 11.4 Å². The van der Waals surface area contributed by atoms with Gasteiger partial charge < -0.3 is 5.32 Å². The minimum Gasteiger partial charge on any atom is -0.303 e. The fourth-order valence-electron chi connectivity index (χ4n) is 3.44. The van der Waals surface area contributed by atoms with Crippen molar-refractivity contribution in [2.45, 2.75) is 4.75 Å². The van der Waals surface area contributed by atoms with Gasteiger partial charge >= 0.3 is 0 Å². The smallest absolute Gasteiger partial charge is 0.280 e. The van der Waals surface area contributed by atoms with Crippen LogP contribution in [-0.4, -0.2) is 27.4 Å². The third-order valence-electron chi connectivity index (χ3n) is 4.85. The van der Waals surface area contributed by atoms with Crippen LogP contribution in [0.3, 0.4) is 0 Å². The molecule has 0 saturated carbocycles. The van der Waals surface area contributed by atoms with Crippen LogP contribution in [0, 0.1) is 0 Å². The number of anilines is 1. The van der Waals surface area contributed by atoms with Gasteiger partial charge in [0, 0.05) is 5.56 Å². The number of benzene rings is 3. The summed E-state index contributed by atoms with van der Waals surface area (Å²) in [6, 6.07) is 27.7. The standard InChI is InChI=1S/C23H16N4O2S/c28-20-23(30-22(25-20)24-17-12-6-2-7-13-17)19(16-10-4-1-5-11-16)26-27(21(23)29)18-14-8-3-9-15-18/h1-15H,(H,24,25,28). The molecule has 0 aliphatic carbocycles. The van der Waals surface area contributed by atoms with Crippen molar-refractivity contribution in [2.75, 3.05) is 5.01 Å². The van der Waals surface area contributed by atoms with Crippen molar-refractivity contribution in [1.82, 2.24) is 5.32 Å². The second-order valence-electron chi connectivity index (χ2n) is 6.76. The number of thioether (sulfide) groups is 1. The Labute approximate surface area is 177 Å².